The molecule has 2 heteroatoms. The Morgan fingerprint density at radius 2 is 1.44 bits per heavy atom. The molecule has 0 saturated carbocycles. The van der Waals surface area contributed by atoms with Gasteiger partial charge in [-0.2, -0.15) is 0 Å². The second-order valence-electron chi connectivity index (χ2n) is 6.88. The van der Waals surface area contributed by atoms with Crippen molar-refractivity contribution >= 4 is 0 Å². The van der Waals surface area contributed by atoms with E-state index in [4.69, 9.17) is 9.47 Å². The van der Waals surface area contributed by atoms with Crippen LogP contribution in [-0.4, -0.2) is 26.4 Å². The maximum atomic E-state index is 5.71. The second kappa shape index (κ2) is 7.49. The molecule has 0 fully saturated rings. The van der Waals surface area contributed by atoms with Gasteiger partial charge in [0.05, 0.1) is 12.2 Å². The predicted molar refractivity (Wildman–Crippen MR) is 79.0 cm³/mol. The van der Waals surface area contributed by atoms with Crippen LogP contribution in [0.5, 0.6) is 0 Å². The zero-order valence-corrected chi connectivity index (χ0v) is 13.8. The molecule has 0 rings (SSSR count). The Labute approximate surface area is 114 Å². The third-order valence-corrected chi connectivity index (χ3v) is 4.62. The summed E-state index contributed by atoms with van der Waals surface area (Å²) in [4.78, 5) is 0. The van der Waals surface area contributed by atoms with Gasteiger partial charge >= 0.3 is 0 Å². The summed E-state index contributed by atoms with van der Waals surface area (Å²) < 4.78 is 11.4. The highest BCUT2D eigenvalue weighted by molar-refractivity contribution is 4.82. The predicted octanol–water partition coefficient (Wildman–Crippen LogP) is 4.67. The van der Waals surface area contributed by atoms with Crippen LogP contribution in [0.15, 0.2) is 0 Å². The van der Waals surface area contributed by atoms with Crippen molar-refractivity contribution in [2.24, 2.45) is 10.8 Å². The molecule has 0 aromatic carbocycles. The molecule has 2 atom stereocenters. The van der Waals surface area contributed by atoms with Crippen LogP contribution in [0.25, 0.3) is 0 Å². The second-order valence-corrected chi connectivity index (χ2v) is 6.88. The summed E-state index contributed by atoms with van der Waals surface area (Å²) in [6.45, 7) is 13.6. The topological polar surface area (TPSA) is 18.5 Å². The standard InChI is InChI=1S/C16H34O2/c1-9-15(3,4)12-13(17-7)11-14(18-8)16(5,6)10-2/h13-14H,9-12H2,1-8H3. The van der Waals surface area contributed by atoms with Gasteiger partial charge in [-0.1, -0.05) is 48.0 Å². The van der Waals surface area contributed by atoms with Gasteiger partial charge in [-0.3, -0.25) is 0 Å². The van der Waals surface area contributed by atoms with E-state index in [1.807, 2.05) is 14.2 Å². The van der Waals surface area contributed by atoms with Crippen LogP contribution >= 0.6 is 0 Å². The molecular formula is C16H34O2. The van der Waals surface area contributed by atoms with Gasteiger partial charge in [0.25, 0.3) is 0 Å². The highest BCUT2D eigenvalue weighted by atomic mass is 16.5. The molecule has 0 radical (unpaired) electrons. The van der Waals surface area contributed by atoms with E-state index >= 15 is 0 Å². The fourth-order valence-electron chi connectivity index (χ4n) is 2.22. The van der Waals surface area contributed by atoms with E-state index in [2.05, 4.69) is 41.5 Å². The van der Waals surface area contributed by atoms with Crippen LogP contribution in [0, 0.1) is 10.8 Å². The van der Waals surface area contributed by atoms with Crippen molar-refractivity contribution in [3.63, 3.8) is 0 Å². The maximum absolute atomic E-state index is 5.71. The summed E-state index contributed by atoms with van der Waals surface area (Å²) in [7, 11) is 3.64. The lowest BCUT2D eigenvalue weighted by Crippen LogP contribution is -2.36. The first-order valence-electron chi connectivity index (χ1n) is 7.28. The van der Waals surface area contributed by atoms with Gasteiger partial charge in [-0.25, -0.2) is 0 Å². The Balaban J connectivity index is 4.60. The number of rotatable bonds is 9. The number of ether oxygens (including phenoxy) is 2. The lowest BCUT2D eigenvalue weighted by atomic mass is 9.77. The number of hydrogen-bond acceptors (Lipinski definition) is 2. The normalized spacial score (nSPS) is 16.7. The zero-order valence-electron chi connectivity index (χ0n) is 13.8. The van der Waals surface area contributed by atoms with Crippen LogP contribution in [0.2, 0.25) is 0 Å². The van der Waals surface area contributed by atoms with Crippen LogP contribution in [0.1, 0.15) is 67.2 Å². The Morgan fingerprint density at radius 1 is 0.889 bits per heavy atom. The molecule has 0 amide bonds. The Kier molecular flexibility index (Phi) is 7.46. The highest BCUT2D eigenvalue weighted by Crippen LogP contribution is 2.34. The summed E-state index contributed by atoms with van der Waals surface area (Å²) in [5, 5.41) is 0. The van der Waals surface area contributed by atoms with E-state index in [-0.39, 0.29) is 17.6 Å². The fourth-order valence-corrected chi connectivity index (χ4v) is 2.22. The first-order valence-corrected chi connectivity index (χ1v) is 7.28. The van der Waals surface area contributed by atoms with Crippen LogP contribution in [0.3, 0.4) is 0 Å². The molecule has 2 unspecified atom stereocenters. The third kappa shape index (κ3) is 5.71. The van der Waals surface area contributed by atoms with Crippen molar-refractivity contribution < 1.29 is 9.47 Å². The fraction of sp³-hybridized carbons (Fsp3) is 1.00. The van der Waals surface area contributed by atoms with Crippen molar-refractivity contribution in [2.45, 2.75) is 79.4 Å². The van der Waals surface area contributed by atoms with E-state index in [1.54, 1.807) is 0 Å². The molecule has 0 aromatic heterocycles. The van der Waals surface area contributed by atoms with E-state index < -0.39 is 0 Å². The van der Waals surface area contributed by atoms with Gasteiger partial charge in [0, 0.05) is 20.6 Å². The van der Waals surface area contributed by atoms with E-state index in [0.717, 1.165) is 19.3 Å². The lowest BCUT2D eigenvalue weighted by Gasteiger charge is -2.36. The lowest BCUT2D eigenvalue weighted by molar-refractivity contribution is -0.0478. The van der Waals surface area contributed by atoms with Crippen molar-refractivity contribution in [1.82, 2.24) is 0 Å². The van der Waals surface area contributed by atoms with Crippen LogP contribution < -0.4 is 0 Å². The van der Waals surface area contributed by atoms with Gasteiger partial charge in [0.1, 0.15) is 0 Å². The van der Waals surface area contributed by atoms with E-state index in [0.29, 0.717) is 5.41 Å². The summed E-state index contributed by atoms with van der Waals surface area (Å²) in [6, 6.07) is 0. The van der Waals surface area contributed by atoms with Gasteiger partial charge in [0.15, 0.2) is 0 Å². The quantitative estimate of drug-likeness (QED) is 0.598. The Bertz CT molecular complexity index is 221. The monoisotopic (exact) mass is 258 g/mol. The molecule has 0 aromatic rings. The molecule has 0 aliphatic heterocycles. The first kappa shape index (κ1) is 17.9. The minimum Gasteiger partial charge on any atom is -0.381 e. The molecule has 0 saturated heterocycles. The van der Waals surface area contributed by atoms with Crippen LogP contribution in [-0.2, 0) is 9.47 Å². The molecule has 0 bridgehead atoms. The minimum absolute atomic E-state index is 0.210. The molecule has 0 heterocycles. The molecule has 18 heavy (non-hydrogen) atoms. The summed E-state index contributed by atoms with van der Waals surface area (Å²) in [5.74, 6) is 0. The minimum atomic E-state index is 0.210. The smallest absolute Gasteiger partial charge is 0.0646 e. The van der Waals surface area contributed by atoms with E-state index in [9.17, 15) is 0 Å². The number of hydrogen-bond donors (Lipinski definition) is 0. The van der Waals surface area contributed by atoms with Gasteiger partial charge in [-0.05, 0) is 23.7 Å². The molecule has 0 spiro atoms. The average molecular weight is 258 g/mol. The van der Waals surface area contributed by atoms with Crippen molar-refractivity contribution in [3.8, 4) is 0 Å². The van der Waals surface area contributed by atoms with E-state index in [1.165, 1.54) is 6.42 Å². The van der Waals surface area contributed by atoms with Crippen molar-refractivity contribution in [3.05, 3.63) is 0 Å². The van der Waals surface area contributed by atoms with Gasteiger partial charge in [0.2, 0.25) is 0 Å². The molecule has 0 N–H and O–H groups in total. The molecule has 110 valence electrons. The average Bonchev–Trinajstić information content (AvgIpc) is 2.33. The van der Waals surface area contributed by atoms with Gasteiger partial charge < -0.3 is 9.47 Å². The Morgan fingerprint density at radius 3 is 1.78 bits per heavy atom. The Hall–Kier alpha value is -0.0800. The van der Waals surface area contributed by atoms with Crippen LogP contribution in [0.4, 0.5) is 0 Å². The zero-order chi connectivity index (χ0) is 14.4. The summed E-state index contributed by atoms with van der Waals surface area (Å²) in [5.41, 5.74) is 0.553. The molecule has 0 aliphatic rings. The maximum Gasteiger partial charge on any atom is 0.0646 e. The largest absolute Gasteiger partial charge is 0.381 e. The molecule has 2 nitrogen and oxygen atoms in total. The first-order chi connectivity index (χ1) is 8.22. The third-order valence-electron chi connectivity index (χ3n) is 4.62. The highest BCUT2D eigenvalue weighted by Gasteiger charge is 2.32. The SMILES string of the molecule is CCC(C)(C)CC(CC(OC)C(C)(C)CC)OC. The van der Waals surface area contributed by atoms with Crippen molar-refractivity contribution in [2.75, 3.05) is 14.2 Å². The summed E-state index contributed by atoms with van der Waals surface area (Å²) >= 11 is 0. The van der Waals surface area contributed by atoms with Crippen molar-refractivity contribution in [1.29, 1.82) is 0 Å². The molecular weight excluding hydrogens is 224 g/mol. The molecule has 0 aliphatic carbocycles. The summed E-state index contributed by atoms with van der Waals surface area (Å²) in [6.07, 6.45) is 4.94. The number of methoxy groups -OCH3 is 2. The van der Waals surface area contributed by atoms with Gasteiger partial charge in [-0.15, -0.1) is 0 Å².